The summed E-state index contributed by atoms with van der Waals surface area (Å²) >= 11 is 0. The first-order chi connectivity index (χ1) is 15.4. The van der Waals surface area contributed by atoms with Crippen LogP contribution >= 0.6 is 7.92 Å². The van der Waals surface area contributed by atoms with E-state index in [9.17, 15) is 13.2 Å². The zero-order valence-electron chi connectivity index (χ0n) is 17.5. The highest BCUT2D eigenvalue weighted by molar-refractivity contribution is 7.76. The highest BCUT2D eigenvalue weighted by atomic mass is 31.1. The van der Waals surface area contributed by atoms with Crippen LogP contribution in [0.1, 0.15) is 18.1 Å². The molecule has 32 heavy (non-hydrogen) atoms. The van der Waals surface area contributed by atoms with Crippen LogP contribution in [-0.2, 0) is 6.18 Å². The van der Waals surface area contributed by atoms with Gasteiger partial charge in [-0.25, -0.2) is 0 Å². The average Bonchev–Trinajstić information content (AvgIpc) is 3.28. The second-order valence-corrected chi connectivity index (χ2v) is 9.64. The van der Waals surface area contributed by atoms with Crippen molar-refractivity contribution in [3.05, 3.63) is 127 Å². The minimum absolute atomic E-state index is 0.188. The van der Waals surface area contributed by atoms with E-state index < -0.39 is 19.7 Å². The van der Waals surface area contributed by atoms with Gasteiger partial charge in [0.15, 0.2) is 0 Å². The molecule has 1 aliphatic rings. The topological polar surface area (TPSA) is 12.4 Å². The van der Waals surface area contributed by atoms with Crippen molar-refractivity contribution in [1.29, 1.82) is 0 Å². The zero-order chi connectivity index (χ0) is 22.6. The molecule has 3 aromatic carbocycles. The Morgan fingerprint density at radius 2 is 1.44 bits per heavy atom. The summed E-state index contributed by atoms with van der Waals surface area (Å²) in [6.07, 6.45) is 3.39. The van der Waals surface area contributed by atoms with Crippen LogP contribution in [0.4, 0.5) is 13.2 Å². The van der Waals surface area contributed by atoms with E-state index in [4.69, 9.17) is 0 Å². The highest BCUT2D eigenvalue weighted by Crippen LogP contribution is 2.57. The van der Waals surface area contributed by atoms with Crippen LogP contribution in [0.15, 0.2) is 89.9 Å². The van der Waals surface area contributed by atoms with Gasteiger partial charge in [0.2, 0.25) is 0 Å². The molecule has 0 N–H and O–H groups in total. The quantitative estimate of drug-likeness (QED) is 0.307. The van der Waals surface area contributed by atoms with Gasteiger partial charge in [-0.2, -0.15) is 13.2 Å². The molecule has 1 aliphatic carbocycles. The van der Waals surface area contributed by atoms with E-state index in [-0.39, 0.29) is 6.04 Å². The van der Waals surface area contributed by atoms with E-state index in [0.717, 1.165) is 18.1 Å². The fraction of sp³-hybridized carbons (Fsp3) is 0.111. The standard InChI is InChI=1S/C27H22F3NP/c1-20(31-19-21-10-8-11-22(18-21)27(28,29)30)25-16-9-17-26(25)32(23-12-4-2-5-13-23)24-14-6-3-7-15-24/h2-20H,1H3/t20-/m0/s1. The van der Waals surface area contributed by atoms with Gasteiger partial charge in [0, 0.05) is 17.8 Å². The zero-order valence-corrected chi connectivity index (χ0v) is 18.4. The second-order valence-electron chi connectivity index (χ2n) is 7.45. The van der Waals surface area contributed by atoms with Gasteiger partial charge < -0.3 is 0 Å². The average molecular weight is 448 g/mol. The molecule has 5 heteroatoms. The molecule has 1 saturated carbocycles. The van der Waals surface area contributed by atoms with Crippen LogP contribution in [0.3, 0.4) is 0 Å². The summed E-state index contributed by atoms with van der Waals surface area (Å²) in [5, 5.41) is 2.49. The van der Waals surface area contributed by atoms with Crippen molar-refractivity contribution >= 4 is 24.7 Å². The lowest BCUT2D eigenvalue weighted by Crippen LogP contribution is -2.23. The molecular formula is C27H22F3NP. The van der Waals surface area contributed by atoms with Crippen LogP contribution in [0.5, 0.6) is 0 Å². The molecule has 0 spiro atoms. The third-order valence-electron chi connectivity index (χ3n) is 5.21. The first kappa shape index (κ1) is 22.7. The lowest BCUT2D eigenvalue weighted by molar-refractivity contribution is -0.137. The molecule has 0 amide bonds. The van der Waals surface area contributed by atoms with E-state index in [1.54, 1.807) is 6.07 Å². The molecule has 0 unspecified atom stereocenters. The maximum Gasteiger partial charge on any atom is 0.416 e. The molecule has 1 atom stereocenters. The van der Waals surface area contributed by atoms with Crippen LogP contribution in [0.2, 0.25) is 0 Å². The number of nitrogens with zero attached hydrogens (tertiary/aromatic N) is 1. The lowest BCUT2D eigenvalue weighted by Gasteiger charge is -2.30. The molecule has 1 nitrogen and oxygen atoms in total. The number of halogens is 3. The van der Waals surface area contributed by atoms with Crippen LogP contribution < -0.4 is 10.6 Å². The molecule has 0 saturated heterocycles. The summed E-state index contributed by atoms with van der Waals surface area (Å²) < 4.78 is 39.0. The monoisotopic (exact) mass is 448 g/mol. The maximum absolute atomic E-state index is 13.0. The Kier molecular flexibility index (Phi) is 7.10. The van der Waals surface area contributed by atoms with Crippen molar-refractivity contribution in [3.8, 4) is 0 Å². The van der Waals surface area contributed by atoms with Crippen molar-refractivity contribution in [2.24, 2.45) is 4.99 Å². The fourth-order valence-corrected chi connectivity index (χ4v) is 6.19. The molecule has 4 rings (SSSR count). The van der Waals surface area contributed by atoms with E-state index in [2.05, 4.69) is 42.1 Å². The predicted molar refractivity (Wildman–Crippen MR) is 127 cm³/mol. The van der Waals surface area contributed by atoms with Gasteiger partial charge >= 0.3 is 6.18 Å². The minimum atomic E-state index is -4.37. The van der Waals surface area contributed by atoms with Crippen LogP contribution in [0.25, 0.3) is 0 Å². The Hall–Kier alpha value is -2.45. The fourth-order valence-electron chi connectivity index (χ4n) is 3.64. The Labute approximate surface area is 189 Å². The third-order valence-corrected chi connectivity index (χ3v) is 7.72. The van der Waals surface area contributed by atoms with Gasteiger partial charge in [-0.1, -0.05) is 72.8 Å². The van der Waals surface area contributed by atoms with Gasteiger partial charge in [-0.15, -0.1) is 0 Å². The number of rotatable bonds is 6. The Bertz CT molecular complexity index is 994. The van der Waals surface area contributed by atoms with Gasteiger partial charge in [-0.3, -0.25) is 4.99 Å². The number of hydrogen-bond donors (Lipinski definition) is 0. The van der Waals surface area contributed by atoms with Gasteiger partial charge in [0.1, 0.15) is 0 Å². The number of aliphatic imine (C=N–C) groups is 1. The first-order valence-corrected chi connectivity index (χ1v) is 11.6. The van der Waals surface area contributed by atoms with Crippen LogP contribution in [0, 0.1) is 30.8 Å². The summed E-state index contributed by atoms with van der Waals surface area (Å²) in [6, 6.07) is 25.8. The summed E-state index contributed by atoms with van der Waals surface area (Å²) in [5.74, 6) is 1.09. The van der Waals surface area contributed by atoms with Crippen molar-refractivity contribution in [1.82, 2.24) is 0 Å². The minimum Gasteiger partial charge on any atom is -0.289 e. The van der Waals surface area contributed by atoms with E-state index >= 15 is 0 Å². The Morgan fingerprint density at radius 1 is 0.812 bits per heavy atom. The van der Waals surface area contributed by atoms with Crippen molar-refractivity contribution in [3.63, 3.8) is 0 Å². The van der Waals surface area contributed by atoms with Gasteiger partial charge in [0.05, 0.1) is 11.6 Å². The number of alkyl halides is 3. The van der Waals surface area contributed by atoms with Gasteiger partial charge in [-0.05, 0) is 62.4 Å². The van der Waals surface area contributed by atoms with E-state index in [1.807, 2.05) is 49.7 Å². The van der Waals surface area contributed by atoms with E-state index in [0.29, 0.717) is 5.56 Å². The molecular weight excluding hydrogens is 426 g/mol. The largest absolute Gasteiger partial charge is 0.416 e. The summed E-state index contributed by atoms with van der Waals surface area (Å²) in [5.41, 5.74) is 0.985. The third kappa shape index (κ3) is 5.30. The summed E-state index contributed by atoms with van der Waals surface area (Å²) in [4.78, 5) is 4.61. The first-order valence-electron chi connectivity index (χ1n) is 10.3. The van der Waals surface area contributed by atoms with E-state index in [1.165, 1.54) is 28.5 Å². The molecule has 3 aromatic rings. The number of hydrogen-bond acceptors (Lipinski definition) is 1. The smallest absolute Gasteiger partial charge is 0.289 e. The van der Waals surface area contributed by atoms with Crippen molar-refractivity contribution in [2.75, 3.05) is 0 Å². The van der Waals surface area contributed by atoms with Crippen LogP contribution in [-0.4, -0.2) is 12.3 Å². The summed E-state index contributed by atoms with van der Waals surface area (Å²) in [6.45, 7) is 1.98. The summed E-state index contributed by atoms with van der Waals surface area (Å²) in [7, 11) is -0.770. The lowest BCUT2D eigenvalue weighted by atomic mass is 10.00. The Morgan fingerprint density at radius 3 is 2.03 bits per heavy atom. The highest BCUT2D eigenvalue weighted by Gasteiger charge is 2.39. The molecule has 161 valence electrons. The maximum atomic E-state index is 13.0. The van der Waals surface area contributed by atoms with Crippen molar-refractivity contribution in [2.45, 2.75) is 19.1 Å². The molecule has 5 radical (unpaired) electrons. The van der Waals surface area contributed by atoms with Gasteiger partial charge in [0.25, 0.3) is 0 Å². The van der Waals surface area contributed by atoms with Crippen molar-refractivity contribution < 1.29 is 13.2 Å². The predicted octanol–water partition coefficient (Wildman–Crippen LogP) is 6.38. The normalized spacial score (nSPS) is 16.8. The molecule has 0 aliphatic heterocycles. The second kappa shape index (κ2) is 10.0. The SMILES string of the molecule is C[C@H](N=Cc1cccc(C(F)(F)F)c1)[C]1[CH][CH][CH][C]1P(c1ccccc1)c1ccccc1. The Balaban J connectivity index is 1.58. The molecule has 0 heterocycles. The molecule has 0 aromatic heterocycles. The molecule has 0 bridgehead atoms. The number of benzene rings is 3. The molecule has 1 fully saturated rings.